The molecule has 0 unspecified atom stereocenters. The van der Waals surface area contributed by atoms with Crippen molar-refractivity contribution in [2.24, 2.45) is 12.8 Å². The number of nitrogens with two attached hydrogens (primary N) is 1. The number of nitrogens with zero attached hydrogens (tertiary/aromatic N) is 4. The summed E-state index contributed by atoms with van der Waals surface area (Å²) < 4.78 is 1.94. The van der Waals surface area contributed by atoms with E-state index in [0.717, 1.165) is 21.6 Å². The molecule has 0 amide bonds. The maximum Gasteiger partial charge on any atom is 0.195 e. The molecule has 0 atom stereocenters. The Kier molecular flexibility index (Phi) is 3.21. The molecule has 2 aromatic rings. The number of hydrogen-bond donors (Lipinski definition) is 1. The molecule has 0 aromatic carbocycles. The van der Waals surface area contributed by atoms with Crippen molar-refractivity contribution in [1.29, 1.82) is 0 Å². The summed E-state index contributed by atoms with van der Waals surface area (Å²) in [6.07, 6.45) is 1.74. The minimum atomic E-state index is 0.431. The second kappa shape index (κ2) is 4.63. The summed E-state index contributed by atoms with van der Waals surface area (Å²) in [6, 6.07) is 3.88. The van der Waals surface area contributed by atoms with Crippen LogP contribution in [0.3, 0.4) is 0 Å². The minimum absolute atomic E-state index is 0.431. The molecule has 0 saturated carbocycles. The normalized spacial score (nSPS) is 10.7. The molecule has 5 nitrogen and oxygen atoms in total. The summed E-state index contributed by atoms with van der Waals surface area (Å²) in [6.45, 7) is 2.35. The van der Waals surface area contributed by atoms with Crippen LogP contribution in [0.5, 0.6) is 0 Å². The van der Waals surface area contributed by atoms with Crippen molar-refractivity contribution in [1.82, 2.24) is 19.7 Å². The minimum Gasteiger partial charge on any atom is -0.325 e. The fourth-order valence-electron chi connectivity index (χ4n) is 1.24. The molecule has 0 bridgehead atoms. The zero-order valence-electron chi connectivity index (χ0n) is 9.21. The Morgan fingerprint density at radius 3 is 2.88 bits per heavy atom. The van der Waals surface area contributed by atoms with Crippen molar-refractivity contribution < 1.29 is 0 Å². The molecule has 84 valence electrons. The van der Waals surface area contributed by atoms with Gasteiger partial charge in [0, 0.05) is 24.7 Å². The van der Waals surface area contributed by atoms with Crippen molar-refractivity contribution in [3.63, 3.8) is 0 Å². The SMILES string of the molecule is Cc1nnc(Sc2cccnc2CN)n1C. The van der Waals surface area contributed by atoms with Gasteiger partial charge in [0.1, 0.15) is 5.82 Å². The lowest BCUT2D eigenvalue weighted by Crippen LogP contribution is -2.01. The van der Waals surface area contributed by atoms with E-state index in [1.54, 1.807) is 6.20 Å². The Labute approximate surface area is 98.1 Å². The van der Waals surface area contributed by atoms with E-state index in [2.05, 4.69) is 15.2 Å². The Morgan fingerprint density at radius 1 is 1.44 bits per heavy atom. The first kappa shape index (κ1) is 11.1. The van der Waals surface area contributed by atoms with Gasteiger partial charge in [0.05, 0.1) is 5.69 Å². The Hall–Kier alpha value is -1.40. The second-order valence-corrected chi connectivity index (χ2v) is 4.35. The third-order valence-electron chi connectivity index (χ3n) is 2.30. The van der Waals surface area contributed by atoms with E-state index in [0.29, 0.717) is 6.54 Å². The van der Waals surface area contributed by atoms with Crippen LogP contribution in [-0.4, -0.2) is 19.7 Å². The maximum atomic E-state index is 5.63. The topological polar surface area (TPSA) is 69.6 Å². The number of pyridine rings is 1. The molecule has 2 aromatic heterocycles. The third-order valence-corrected chi connectivity index (χ3v) is 3.43. The molecular weight excluding hydrogens is 222 g/mol. The second-order valence-electron chi connectivity index (χ2n) is 3.34. The molecule has 16 heavy (non-hydrogen) atoms. The first-order valence-corrected chi connectivity index (χ1v) is 5.72. The Morgan fingerprint density at radius 2 is 2.25 bits per heavy atom. The first-order chi connectivity index (χ1) is 7.72. The summed E-state index contributed by atoms with van der Waals surface area (Å²) in [5, 5.41) is 8.95. The van der Waals surface area contributed by atoms with Gasteiger partial charge in [-0.25, -0.2) is 0 Å². The lowest BCUT2D eigenvalue weighted by molar-refractivity contribution is 0.764. The number of hydrogen-bond acceptors (Lipinski definition) is 5. The summed E-state index contributed by atoms with van der Waals surface area (Å²) in [7, 11) is 1.94. The van der Waals surface area contributed by atoms with Gasteiger partial charge in [-0.3, -0.25) is 4.98 Å². The van der Waals surface area contributed by atoms with Gasteiger partial charge in [0.15, 0.2) is 5.16 Å². The smallest absolute Gasteiger partial charge is 0.195 e. The maximum absolute atomic E-state index is 5.63. The average Bonchev–Trinajstić information content (AvgIpc) is 2.62. The van der Waals surface area contributed by atoms with Crippen molar-refractivity contribution in [3.8, 4) is 0 Å². The van der Waals surface area contributed by atoms with Crippen LogP contribution in [0.2, 0.25) is 0 Å². The Balaban J connectivity index is 2.30. The van der Waals surface area contributed by atoms with Crippen LogP contribution in [0, 0.1) is 6.92 Å². The van der Waals surface area contributed by atoms with Gasteiger partial charge in [-0.2, -0.15) is 0 Å². The fraction of sp³-hybridized carbons (Fsp3) is 0.300. The molecule has 0 fully saturated rings. The number of rotatable bonds is 3. The number of aryl methyl sites for hydroxylation is 1. The van der Waals surface area contributed by atoms with Crippen LogP contribution in [0.25, 0.3) is 0 Å². The van der Waals surface area contributed by atoms with Crippen LogP contribution in [0.4, 0.5) is 0 Å². The fourth-order valence-corrected chi connectivity index (χ4v) is 2.19. The van der Waals surface area contributed by atoms with Crippen LogP contribution in [-0.2, 0) is 13.6 Å². The molecule has 0 aliphatic rings. The van der Waals surface area contributed by atoms with E-state index < -0.39 is 0 Å². The van der Waals surface area contributed by atoms with Crippen molar-refractivity contribution >= 4 is 11.8 Å². The van der Waals surface area contributed by atoms with E-state index in [1.165, 1.54) is 11.8 Å². The molecule has 0 aliphatic carbocycles. The zero-order chi connectivity index (χ0) is 11.5. The first-order valence-electron chi connectivity index (χ1n) is 4.90. The van der Waals surface area contributed by atoms with E-state index in [1.807, 2.05) is 30.7 Å². The number of aromatic nitrogens is 4. The quantitative estimate of drug-likeness (QED) is 0.863. The van der Waals surface area contributed by atoms with E-state index in [4.69, 9.17) is 5.73 Å². The summed E-state index contributed by atoms with van der Waals surface area (Å²) in [5.74, 6) is 0.890. The summed E-state index contributed by atoms with van der Waals surface area (Å²) in [5.41, 5.74) is 6.51. The van der Waals surface area contributed by atoms with Crippen LogP contribution < -0.4 is 5.73 Å². The van der Waals surface area contributed by atoms with Gasteiger partial charge in [0.25, 0.3) is 0 Å². The van der Waals surface area contributed by atoms with Crippen LogP contribution in [0.15, 0.2) is 28.4 Å². The highest BCUT2D eigenvalue weighted by Crippen LogP contribution is 2.27. The molecule has 0 aliphatic heterocycles. The molecule has 0 spiro atoms. The highest BCUT2D eigenvalue weighted by atomic mass is 32.2. The molecular formula is C10H13N5S. The largest absolute Gasteiger partial charge is 0.325 e. The van der Waals surface area contributed by atoms with Crippen LogP contribution in [0.1, 0.15) is 11.5 Å². The van der Waals surface area contributed by atoms with Crippen molar-refractivity contribution in [2.45, 2.75) is 23.5 Å². The zero-order valence-corrected chi connectivity index (χ0v) is 10.0. The lowest BCUT2D eigenvalue weighted by Gasteiger charge is -2.05. The molecule has 2 rings (SSSR count). The standard InChI is InChI=1S/C10H13N5S/c1-7-13-14-10(15(7)2)16-9-4-3-5-12-8(9)6-11/h3-5H,6,11H2,1-2H3. The van der Waals surface area contributed by atoms with Crippen LogP contribution >= 0.6 is 11.8 Å². The van der Waals surface area contributed by atoms with Gasteiger partial charge in [-0.05, 0) is 30.8 Å². The van der Waals surface area contributed by atoms with Crippen molar-refractivity contribution in [2.75, 3.05) is 0 Å². The molecule has 6 heteroatoms. The van der Waals surface area contributed by atoms with Crippen molar-refractivity contribution in [3.05, 3.63) is 29.8 Å². The third kappa shape index (κ3) is 2.07. The van der Waals surface area contributed by atoms with Gasteiger partial charge < -0.3 is 10.3 Å². The highest BCUT2D eigenvalue weighted by Gasteiger charge is 2.09. The van der Waals surface area contributed by atoms with Gasteiger partial charge >= 0.3 is 0 Å². The van der Waals surface area contributed by atoms with Gasteiger partial charge in [-0.15, -0.1) is 10.2 Å². The molecule has 2 N–H and O–H groups in total. The average molecular weight is 235 g/mol. The van der Waals surface area contributed by atoms with E-state index in [9.17, 15) is 0 Å². The van der Waals surface area contributed by atoms with E-state index >= 15 is 0 Å². The Bertz CT molecular complexity index is 494. The molecule has 0 saturated heterocycles. The lowest BCUT2D eigenvalue weighted by atomic mass is 10.3. The summed E-state index contributed by atoms with van der Waals surface area (Å²) in [4.78, 5) is 5.25. The van der Waals surface area contributed by atoms with Gasteiger partial charge in [0.2, 0.25) is 0 Å². The molecule has 0 radical (unpaired) electrons. The summed E-state index contributed by atoms with van der Waals surface area (Å²) >= 11 is 1.53. The predicted octanol–water partition coefficient (Wildman–Crippen LogP) is 1.13. The monoisotopic (exact) mass is 235 g/mol. The predicted molar refractivity (Wildman–Crippen MR) is 62.0 cm³/mol. The van der Waals surface area contributed by atoms with E-state index in [-0.39, 0.29) is 0 Å². The molecule has 2 heterocycles. The van der Waals surface area contributed by atoms with Gasteiger partial charge in [-0.1, -0.05) is 0 Å². The highest BCUT2D eigenvalue weighted by molar-refractivity contribution is 7.99.